The van der Waals surface area contributed by atoms with Crippen LogP contribution in [-0.2, 0) is 17.6 Å². The van der Waals surface area contributed by atoms with Crippen molar-refractivity contribution in [2.24, 2.45) is 11.7 Å². The second-order valence-corrected chi connectivity index (χ2v) is 9.41. The number of halogens is 1. The lowest BCUT2D eigenvalue weighted by atomic mass is 9.94. The average molecular weight is 446 g/mol. The fourth-order valence-corrected chi connectivity index (χ4v) is 5.70. The number of aryl methyl sites for hydroxylation is 1. The van der Waals surface area contributed by atoms with Crippen LogP contribution in [0.15, 0.2) is 24.3 Å². The molecular formula is C22H24ClN3O3S. The Hall–Kier alpha value is -2.38. The highest BCUT2D eigenvalue weighted by Gasteiger charge is 2.31. The lowest BCUT2D eigenvalue weighted by Crippen LogP contribution is -2.43. The Kier molecular flexibility index (Phi) is 6.11. The minimum atomic E-state index is -0.493. The quantitative estimate of drug-likeness (QED) is 0.748. The fraction of sp³-hybridized carbons (Fsp3) is 0.409. The molecule has 0 spiro atoms. The molecule has 3 amide bonds. The third kappa shape index (κ3) is 4.23. The van der Waals surface area contributed by atoms with Crippen molar-refractivity contribution in [3.63, 3.8) is 0 Å². The molecule has 2 aromatic rings. The first kappa shape index (κ1) is 20.9. The summed E-state index contributed by atoms with van der Waals surface area (Å²) in [5.74, 6) is -1.08. The second kappa shape index (κ2) is 8.78. The number of hydrogen-bond acceptors (Lipinski definition) is 4. The average Bonchev–Trinajstić information content (AvgIpc) is 3.12. The van der Waals surface area contributed by atoms with Gasteiger partial charge in [-0.15, -0.1) is 11.3 Å². The molecule has 2 heterocycles. The molecule has 3 N–H and O–H groups in total. The summed E-state index contributed by atoms with van der Waals surface area (Å²) >= 11 is 7.37. The number of carbonyl (C=O) groups is 3. The molecule has 1 unspecified atom stereocenters. The number of anilines is 1. The first-order valence-electron chi connectivity index (χ1n) is 10.2. The topological polar surface area (TPSA) is 92.5 Å². The predicted molar refractivity (Wildman–Crippen MR) is 118 cm³/mol. The van der Waals surface area contributed by atoms with E-state index in [1.807, 2.05) is 0 Å². The van der Waals surface area contributed by atoms with Gasteiger partial charge < -0.3 is 16.0 Å². The highest BCUT2D eigenvalue weighted by molar-refractivity contribution is 7.17. The van der Waals surface area contributed by atoms with Gasteiger partial charge in [0.1, 0.15) is 5.00 Å². The Balaban J connectivity index is 1.47. The molecule has 0 bridgehead atoms. The van der Waals surface area contributed by atoms with E-state index in [2.05, 4.69) is 5.32 Å². The Morgan fingerprint density at radius 2 is 1.83 bits per heavy atom. The van der Waals surface area contributed by atoms with Crippen LogP contribution in [0, 0.1) is 5.92 Å². The maximum absolute atomic E-state index is 13.0. The van der Waals surface area contributed by atoms with E-state index >= 15 is 0 Å². The summed E-state index contributed by atoms with van der Waals surface area (Å²) in [6, 6.07) is 6.77. The Morgan fingerprint density at radius 3 is 2.57 bits per heavy atom. The molecule has 0 radical (unpaired) electrons. The van der Waals surface area contributed by atoms with E-state index < -0.39 is 5.91 Å². The van der Waals surface area contributed by atoms with Crippen LogP contribution in [0.1, 0.15) is 56.8 Å². The monoisotopic (exact) mass is 445 g/mol. The van der Waals surface area contributed by atoms with Gasteiger partial charge in [-0.3, -0.25) is 14.4 Å². The van der Waals surface area contributed by atoms with E-state index in [-0.39, 0.29) is 17.7 Å². The first-order chi connectivity index (χ1) is 14.4. The number of hydrogen-bond donors (Lipinski definition) is 2. The van der Waals surface area contributed by atoms with Gasteiger partial charge in [-0.1, -0.05) is 11.6 Å². The van der Waals surface area contributed by atoms with Gasteiger partial charge in [-0.25, -0.2) is 0 Å². The predicted octanol–water partition coefficient (Wildman–Crippen LogP) is 3.87. The number of primary amides is 1. The number of rotatable bonds is 4. The fourth-order valence-electron chi connectivity index (χ4n) is 4.28. The number of nitrogens with one attached hydrogen (secondary N) is 1. The molecule has 6 nitrogen and oxygen atoms in total. The number of nitrogens with zero attached hydrogens (tertiary/aromatic N) is 1. The summed E-state index contributed by atoms with van der Waals surface area (Å²) in [7, 11) is 0. The molecule has 4 rings (SSSR count). The molecule has 1 saturated heterocycles. The van der Waals surface area contributed by atoms with Crippen LogP contribution in [0.4, 0.5) is 5.00 Å². The summed E-state index contributed by atoms with van der Waals surface area (Å²) in [6.45, 7) is 0.968. The number of benzene rings is 1. The van der Waals surface area contributed by atoms with E-state index in [1.54, 1.807) is 29.2 Å². The maximum Gasteiger partial charge on any atom is 0.253 e. The molecule has 1 aliphatic heterocycles. The smallest absolute Gasteiger partial charge is 0.253 e. The zero-order chi connectivity index (χ0) is 21.3. The van der Waals surface area contributed by atoms with Crippen LogP contribution in [0.25, 0.3) is 0 Å². The van der Waals surface area contributed by atoms with E-state index in [0.717, 1.165) is 42.5 Å². The Morgan fingerprint density at radius 1 is 1.10 bits per heavy atom. The Labute approximate surface area is 184 Å². The number of amides is 3. The van der Waals surface area contributed by atoms with Gasteiger partial charge >= 0.3 is 0 Å². The first-order valence-corrected chi connectivity index (χ1v) is 11.4. The lowest BCUT2D eigenvalue weighted by Gasteiger charge is -2.32. The molecule has 2 aliphatic rings. The Bertz CT molecular complexity index is 986. The molecule has 1 aliphatic carbocycles. The number of nitrogens with two attached hydrogens (primary N) is 1. The number of carbonyl (C=O) groups excluding carboxylic acids is 3. The van der Waals surface area contributed by atoms with Crippen LogP contribution in [0.3, 0.4) is 0 Å². The standard InChI is InChI=1S/C22H24ClN3O3S/c23-15-9-7-13(8-10-15)22(29)26-11-3-4-14(12-26)20(28)25-21-18(19(24)27)16-5-1-2-6-17(16)30-21/h7-10,14H,1-6,11-12H2,(H2,24,27)(H,25,28). The third-order valence-corrected chi connectivity index (χ3v) is 7.28. The van der Waals surface area contributed by atoms with Gasteiger partial charge in [-0.05, 0) is 68.4 Å². The van der Waals surface area contributed by atoms with Crippen molar-refractivity contribution in [3.8, 4) is 0 Å². The van der Waals surface area contributed by atoms with Gasteiger partial charge in [0.2, 0.25) is 5.91 Å². The zero-order valence-electron chi connectivity index (χ0n) is 16.6. The van der Waals surface area contributed by atoms with Crippen molar-refractivity contribution in [1.29, 1.82) is 0 Å². The highest BCUT2D eigenvalue weighted by atomic mass is 35.5. The van der Waals surface area contributed by atoms with Gasteiger partial charge in [0.15, 0.2) is 0 Å². The molecule has 30 heavy (non-hydrogen) atoms. The molecule has 1 fully saturated rings. The molecule has 8 heteroatoms. The second-order valence-electron chi connectivity index (χ2n) is 7.87. The van der Waals surface area contributed by atoms with E-state index in [0.29, 0.717) is 40.7 Å². The molecule has 1 aromatic carbocycles. The van der Waals surface area contributed by atoms with Crippen molar-refractivity contribution in [3.05, 3.63) is 50.9 Å². The van der Waals surface area contributed by atoms with Crippen molar-refractivity contribution < 1.29 is 14.4 Å². The van der Waals surface area contributed by atoms with Crippen molar-refractivity contribution in [1.82, 2.24) is 4.90 Å². The number of piperidine rings is 1. The van der Waals surface area contributed by atoms with Gasteiger partial charge in [-0.2, -0.15) is 0 Å². The number of fused-ring (bicyclic) bond motifs is 1. The van der Waals surface area contributed by atoms with Crippen molar-refractivity contribution >= 4 is 45.7 Å². The molecule has 1 aromatic heterocycles. The SMILES string of the molecule is NC(=O)c1c(NC(=O)C2CCCN(C(=O)c3ccc(Cl)cc3)C2)sc2c1CCCC2. The van der Waals surface area contributed by atoms with Crippen LogP contribution in [-0.4, -0.2) is 35.7 Å². The minimum Gasteiger partial charge on any atom is -0.365 e. The normalized spacial score (nSPS) is 18.6. The van der Waals surface area contributed by atoms with Crippen molar-refractivity contribution in [2.45, 2.75) is 38.5 Å². The number of thiophene rings is 1. The van der Waals surface area contributed by atoms with Gasteiger partial charge in [0.05, 0.1) is 11.5 Å². The van der Waals surface area contributed by atoms with E-state index in [4.69, 9.17) is 17.3 Å². The number of likely N-dealkylation sites (tertiary alicyclic amines) is 1. The maximum atomic E-state index is 13.0. The molecule has 158 valence electrons. The van der Waals surface area contributed by atoms with E-state index in [1.165, 1.54) is 11.3 Å². The molecule has 1 atom stereocenters. The summed E-state index contributed by atoms with van der Waals surface area (Å²) in [4.78, 5) is 40.7. The molecule has 0 saturated carbocycles. The zero-order valence-corrected chi connectivity index (χ0v) is 18.2. The largest absolute Gasteiger partial charge is 0.365 e. The summed E-state index contributed by atoms with van der Waals surface area (Å²) in [5.41, 5.74) is 7.65. The third-order valence-electron chi connectivity index (χ3n) is 5.83. The van der Waals surface area contributed by atoms with Crippen LogP contribution in [0.5, 0.6) is 0 Å². The summed E-state index contributed by atoms with van der Waals surface area (Å²) < 4.78 is 0. The van der Waals surface area contributed by atoms with E-state index in [9.17, 15) is 14.4 Å². The summed E-state index contributed by atoms with van der Waals surface area (Å²) in [5, 5.41) is 4.08. The van der Waals surface area contributed by atoms with Gasteiger partial charge in [0, 0.05) is 28.6 Å². The highest BCUT2D eigenvalue weighted by Crippen LogP contribution is 2.38. The minimum absolute atomic E-state index is 0.103. The van der Waals surface area contributed by atoms with Crippen molar-refractivity contribution in [2.75, 3.05) is 18.4 Å². The molecular weight excluding hydrogens is 422 g/mol. The van der Waals surface area contributed by atoms with Crippen LogP contribution >= 0.6 is 22.9 Å². The van der Waals surface area contributed by atoms with Gasteiger partial charge in [0.25, 0.3) is 11.8 Å². The van der Waals surface area contributed by atoms with Crippen LogP contribution < -0.4 is 11.1 Å². The van der Waals surface area contributed by atoms with Crippen LogP contribution in [0.2, 0.25) is 5.02 Å². The summed E-state index contributed by atoms with van der Waals surface area (Å²) in [6.07, 6.45) is 5.31. The lowest BCUT2D eigenvalue weighted by molar-refractivity contribution is -0.121.